The van der Waals surface area contributed by atoms with Gasteiger partial charge < -0.3 is 0 Å². The number of benzene rings is 1. The summed E-state index contributed by atoms with van der Waals surface area (Å²) in [5.41, 5.74) is 6.54. The molecule has 0 aliphatic carbocycles. The Morgan fingerprint density at radius 2 is 2.00 bits per heavy atom. The largest absolute Gasteiger partial charge is 0.271 e. The zero-order valence-corrected chi connectivity index (χ0v) is 9.60. The van der Waals surface area contributed by atoms with E-state index >= 15 is 0 Å². The number of thiocarbonyl (C=S) groups is 1. The molecule has 1 aliphatic rings. The summed E-state index contributed by atoms with van der Waals surface area (Å²) < 4.78 is 0. The van der Waals surface area contributed by atoms with E-state index in [1.807, 2.05) is 0 Å². The molecule has 0 bridgehead atoms. The maximum Gasteiger partial charge on any atom is 0.0965 e. The number of rotatable bonds is 2. The van der Waals surface area contributed by atoms with Crippen LogP contribution < -0.4 is 5.43 Å². The van der Waals surface area contributed by atoms with E-state index in [-0.39, 0.29) is 0 Å². The molecule has 0 unspecified atom stereocenters. The second kappa shape index (κ2) is 4.53. The van der Waals surface area contributed by atoms with E-state index in [0.29, 0.717) is 0 Å². The van der Waals surface area contributed by atoms with Crippen LogP contribution in [0.25, 0.3) is 0 Å². The maximum absolute atomic E-state index is 5.03. The molecule has 0 fully saturated rings. The standard InChI is InChI=1S/C12H14N2S/c1-2-9-3-5-10(6-4-9)11-7-8-12(15)14-13-11/h3-6H,2,7-8H2,1H3,(H,14,15). The molecule has 1 heterocycles. The van der Waals surface area contributed by atoms with Gasteiger partial charge in [-0.15, -0.1) is 0 Å². The van der Waals surface area contributed by atoms with Crippen molar-refractivity contribution in [3.05, 3.63) is 35.4 Å². The molecule has 2 rings (SSSR count). The van der Waals surface area contributed by atoms with Crippen molar-refractivity contribution >= 4 is 22.9 Å². The molecule has 78 valence electrons. The van der Waals surface area contributed by atoms with Gasteiger partial charge in [-0.25, -0.2) is 0 Å². The van der Waals surface area contributed by atoms with Gasteiger partial charge in [-0.05, 0) is 24.0 Å². The first kappa shape index (κ1) is 10.3. The van der Waals surface area contributed by atoms with Crippen LogP contribution in [0.4, 0.5) is 0 Å². The molecule has 2 nitrogen and oxygen atoms in total. The molecule has 15 heavy (non-hydrogen) atoms. The first-order valence-corrected chi connectivity index (χ1v) is 5.65. The number of hydrazone groups is 1. The van der Waals surface area contributed by atoms with Crippen molar-refractivity contribution in [2.45, 2.75) is 26.2 Å². The van der Waals surface area contributed by atoms with Crippen molar-refractivity contribution in [3.8, 4) is 0 Å². The van der Waals surface area contributed by atoms with E-state index in [2.05, 4.69) is 41.7 Å². The Hall–Kier alpha value is -1.22. The monoisotopic (exact) mass is 218 g/mol. The average Bonchev–Trinajstić information content (AvgIpc) is 2.30. The van der Waals surface area contributed by atoms with Crippen LogP contribution in [0.1, 0.15) is 30.9 Å². The van der Waals surface area contributed by atoms with Gasteiger partial charge in [0.05, 0.1) is 10.7 Å². The lowest BCUT2D eigenvalue weighted by atomic mass is 10.0. The van der Waals surface area contributed by atoms with Crippen molar-refractivity contribution in [3.63, 3.8) is 0 Å². The quantitative estimate of drug-likeness (QED) is 0.772. The lowest BCUT2D eigenvalue weighted by molar-refractivity contribution is 0.926. The van der Waals surface area contributed by atoms with Gasteiger partial charge in [0.25, 0.3) is 0 Å². The van der Waals surface area contributed by atoms with Crippen molar-refractivity contribution in [2.75, 3.05) is 0 Å². The first-order valence-electron chi connectivity index (χ1n) is 5.24. The Bertz CT molecular complexity index is 393. The van der Waals surface area contributed by atoms with E-state index < -0.39 is 0 Å². The summed E-state index contributed by atoms with van der Waals surface area (Å²) in [6.07, 6.45) is 2.93. The molecule has 0 aromatic heterocycles. The van der Waals surface area contributed by atoms with Crippen LogP contribution in [0.3, 0.4) is 0 Å². The zero-order chi connectivity index (χ0) is 10.7. The number of aryl methyl sites for hydroxylation is 1. The van der Waals surface area contributed by atoms with Crippen LogP contribution in [0.15, 0.2) is 29.4 Å². The third kappa shape index (κ3) is 2.42. The SMILES string of the molecule is CCc1ccc(C2=NNC(=S)CC2)cc1. The lowest BCUT2D eigenvalue weighted by Gasteiger charge is -2.14. The highest BCUT2D eigenvalue weighted by atomic mass is 32.1. The summed E-state index contributed by atoms with van der Waals surface area (Å²) >= 11 is 5.03. The molecule has 0 radical (unpaired) electrons. The predicted molar refractivity (Wildman–Crippen MR) is 67.3 cm³/mol. The molecule has 1 aliphatic heterocycles. The van der Waals surface area contributed by atoms with Gasteiger partial charge >= 0.3 is 0 Å². The highest BCUT2D eigenvalue weighted by Crippen LogP contribution is 2.12. The normalized spacial score (nSPS) is 15.8. The summed E-state index contributed by atoms with van der Waals surface area (Å²) in [7, 11) is 0. The Morgan fingerprint density at radius 3 is 2.53 bits per heavy atom. The Morgan fingerprint density at radius 1 is 1.27 bits per heavy atom. The van der Waals surface area contributed by atoms with Gasteiger partial charge in [0, 0.05) is 6.42 Å². The van der Waals surface area contributed by atoms with E-state index in [4.69, 9.17) is 12.2 Å². The number of hydrogen-bond acceptors (Lipinski definition) is 2. The minimum atomic E-state index is 0.837. The number of nitrogens with one attached hydrogen (secondary N) is 1. The number of hydrogen-bond donors (Lipinski definition) is 1. The van der Waals surface area contributed by atoms with Crippen LogP contribution in [0.2, 0.25) is 0 Å². The second-order valence-corrected chi connectivity index (χ2v) is 4.14. The van der Waals surface area contributed by atoms with Crippen LogP contribution in [-0.2, 0) is 6.42 Å². The van der Waals surface area contributed by atoms with E-state index in [0.717, 1.165) is 30.0 Å². The van der Waals surface area contributed by atoms with Gasteiger partial charge in [0.2, 0.25) is 0 Å². The Balaban J connectivity index is 2.19. The fourth-order valence-electron chi connectivity index (χ4n) is 1.62. The van der Waals surface area contributed by atoms with Crippen molar-refractivity contribution in [2.24, 2.45) is 5.10 Å². The molecule has 3 heteroatoms. The smallest absolute Gasteiger partial charge is 0.0965 e. The van der Waals surface area contributed by atoms with Crippen LogP contribution in [-0.4, -0.2) is 10.7 Å². The molecule has 0 spiro atoms. The van der Waals surface area contributed by atoms with Crippen LogP contribution >= 0.6 is 12.2 Å². The molecule has 1 aromatic carbocycles. The third-order valence-corrected chi connectivity index (χ3v) is 2.90. The summed E-state index contributed by atoms with van der Waals surface area (Å²) in [6, 6.07) is 8.58. The summed E-state index contributed by atoms with van der Waals surface area (Å²) in [6.45, 7) is 2.16. The minimum absolute atomic E-state index is 0.837. The maximum atomic E-state index is 5.03. The Labute approximate surface area is 95.4 Å². The Kier molecular flexibility index (Phi) is 3.11. The van der Waals surface area contributed by atoms with E-state index in [1.165, 1.54) is 11.1 Å². The lowest BCUT2D eigenvalue weighted by Crippen LogP contribution is -2.24. The molecule has 0 amide bonds. The first-order chi connectivity index (χ1) is 7.29. The van der Waals surface area contributed by atoms with Crippen LogP contribution in [0, 0.1) is 0 Å². The topological polar surface area (TPSA) is 24.4 Å². The van der Waals surface area contributed by atoms with Crippen LogP contribution in [0.5, 0.6) is 0 Å². The number of nitrogens with zero attached hydrogens (tertiary/aromatic N) is 1. The van der Waals surface area contributed by atoms with Gasteiger partial charge in [0.1, 0.15) is 0 Å². The average molecular weight is 218 g/mol. The fourth-order valence-corrected chi connectivity index (χ4v) is 1.76. The fraction of sp³-hybridized carbons (Fsp3) is 0.333. The third-order valence-electron chi connectivity index (χ3n) is 2.60. The van der Waals surface area contributed by atoms with E-state index in [9.17, 15) is 0 Å². The summed E-state index contributed by atoms with van der Waals surface area (Å²) in [4.78, 5) is 0.837. The van der Waals surface area contributed by atoms with Gasteiger partial charge in [0.15, 0.2) is 0 Å². The van der Waals surface area contributed by atoms with E-state index in [1.54, 1.807) is 0 Å². The minimum Gasteiger partial charge on any atom is -0.271 e. The second-order valence-electron chi connectivity index (χ2n) is 3.64. The molecular formula is C12H14N2S. The van der Waals surface area contributed by atoms with Crippen molar-refractivity contribution < 1.29 is 0 Å². The van der Waals surface area contributed by atoms with Crippen molar-refractivity contribution in [1.29, 1.82) is 0 Å². The summed E-state index contributed by atoms with van der Waals surface area (Å²) in [5.74, 6) is 0. The van der Waals surface area contributed by atoms with Gasteiger partial charge in [-0.3, -0.25) is 5.43 Å². The molecular weight excluding hydrogens is 204 g/mol. The van der Waals surface area contributed by atoms with Gasteiger partial charge in [-0.1, -0.05) is 43.4 Å². The summed E-state index contributed by atoms with van der Waals surface area (Å²) in [5, 5.41) is 4.26. The molecule has 1 aromatic rings. The van der Waals surface area contributed by atoms with Gasteiger partial charge in [-0.2, -0.15) is 5.10 Å². The van der Waals surface area contributed by atoms with Crippen molar-refractivity contribution in [1.82, 2.24) is 5.43 Å². The molecule has 1 N–H and O–H groups in total. The predicted octanol–water partition coefficient (Wildman–Crippen LogP) is 2.66. The molecule has 0 atom stereocenters. The highest BCUT2D eigenvalue weighted by molar-refractivity contribution is 7.80. The highest BCUT2D eigenvalue weighted by Gasteiger charge is 2.10. The molecule has 0 saturated carbocycles. The zero-order valence-electron chi connectivity index (χ0n) is 8.79. The molecule has 0 saturated heterocycles.